The Kier molecular flexibility index (Phi) is 27.8. The summed E-state index contributed by atoms with van der Waals surface area (Å²) in [4.78, 5) is 80.7. The molecule has 9 N–H and O–H groups in total. The molecule has 314 valence electrons. The molecule has 0 saturated carbocycles. The van der Waals surface area contributed by atoms with Crippen molar-refractivity contribution in [1.29, 1.82) is 0 Å². The van der Waals surface area contributed by atoms with E-state index in [4.69, 9.17) is 16.2 Å². The van der Waals surface area contributed by atoms with Crippen molar-refractivity contribution in [1.82, 2.24) is 26.6 Å². The molecule has 0 radical (unpaired) electrons. The van der Waals surface area contributed by atoms with E-state index in [1.807, 2.05) is 13.8 Å². The molecule has 0 aromatic heterocycles. The zero-order chi connectivity index (χ0) is 41.0. The Bertz CT molecular complexity index is 1120. The van der Waals surface area contributed by atoms with E-state index in [0.29, 0.717) is 71.9 Å². The molecular formula is C40H77N7O7. The zero-order valence-electron chi connectivity index (χ0n) is 34.8. The predicted molar refractivity (Wildman–Crippen MR) is 214 cm³/mol. The molecule has 0 bridgehead atoms. The predicted octanol–water partition coefficient (Wildman–Crippen LogP) is 2.75. The first-order chi connectivity index (χ1) is 25.6. The molecule has 0 aromatic rings. The Morgan fingerprint density at radius 2 is 1.11 bits per heavy atom. The van der Waals surface area contributed by atoms with E-state index < -0.39 is 34.6 Å². The highest BCUT2D eigenvalue weighted by Gasteiger charge is 2.41. The van der Waals surface area contributed by atoms with Crippen LogP contribution in [0.25, 0.3) is 0 Å². The molecule has 0 fully saturated rings. The van der Waals surface area contributed by atoms with Crippen LogP contribution in [-0.2, 0) is 33.5 Å². The normalized spacial score (nSPS) is 13.4. The lowest BCUT2D eigenvalue weighted by Crippen LogP contribution is -2.43. The van der Waals surface area contributed by atoms with Gasteiger partial charge in [0.2, 0.25) is 17.7 Å². The van der Waals surface area contributed by atoms with Crippen LogP contribution in [0, 0.1) is 28.6 Å². The SMILES string of the molecule is CCCCCCOC(=O)CC(CC)C(=O)C(C)(C)CC(CC(=O)C(C)(C)CC(CC(=O)NCCNCCN)C(=O)NCCCC)C(=O)NCCNCCN. The van der Waals surface area contributed by atoms with Crippen LogP contribution in [-0.4, -0.2) is 101 Å². The number of esters is 1. The van der Waals surface area contributed by atoms with Crippen molar-refractivity contribution in [3.63, 3.8) is 0 Å². The van der Waals surface area contributed by atoms with Gasteiger partial charge in [-0.15, -0.1) is 0 Å². The Balaban J connectivity index is 6.03. The fourth-order valence-electron chi connectivity index (χ4n) is 6.40. The number of nitrogens with two attached hydrogens (primary N) is 2. The molecule has 0 aliphatic carbocycles. The second kappa shape index (κ2) is 29.4. The first-order valence-electron chi connectivity index (χ1n) is 20.5. The van der Waals surface area contributed by atoms with Crippen LogP contribution in [0.5, 0.6) is 0 Å². The smallest absolute Gasteiger partial charge is 0.306 e. The molecule has 0 aliphatic heterocycles. The monoisotopic (exact) mass is 768 g/mol. The van der Waals surface area contributed by atoms with Gasteiger partial charge >= 0.3 is 5.97 Å². The number of ketones is 2. The van der Waals surface area contributed by atoms with Gasteiger partial charge in [-0.3, -0.25) is 28.8 Å². The summed E-state index contributed by atoms with van der Waals surface area (Å²) in [5.74, 6) is -3.98. The fraction of sp³-hybridized carbons (Fsp3) is 0.850. The van der Waals surface area contributed by atoms with Crippen LogP contribution in [0.4, 0.5) is 0 Å². The third-order valence-corrected chi connectivity index (χ3v) is 9.77. The van der Waals surface area contributed by atoms with Crippen LogP contribution in [0.1, 0.15) is 126 Å². The maximum atomic E-state index is 14.1. The van der Waals surface area contributed by atoms with Gasteiger partial charge in [0.05, 0.1) is 13.0 Å². The van der Waals surface area contributed by atoms with Crippen LogP contribution in [0.2, 0.25) is 0 Å². The first kappa shape index (κ1) is 51.1. The summed E-state index contributed by atoms with van der Waals surface area (Å²) in [6.07, 6.45) is 5.90. The summed E-state index contributed by atoms with van der Waals surface area (Å²) in [7, 11) is 0. The Labute approximate surface area is 325 Å². The molecule has 0 spiro atoms. The van der Waals surface area contributed by atoms with Crippen LogP contribution in [0.3, 0.4) is 0 Å². The molecule has 0 aromatic carbocycles. The second-order valence-corrected chi connectivity index (χ2v) is 15.7. The fourth-order valence-corrected chi connectivity index (χ4v) is 6.40. The minimum Gasteiger partial charge on any atom is -0.466 e. The highest BCUT2D eigenvalue weighted by atomic mass is 16.5. The van der Waals surface area contributed by atoms with E-state index in [1.54, 1.807) is 27.7 Å². The lowest BCUT2D eigenvalue weighted by atomic mass is 9.70. The second-order valence-electron chi connectivity index (χ2n) is 15.7. The number of amides is 3. The topological polar surface area (TPSA) is 224 Å². The van der Waals surface area contributed by atoms with Crippen molar-refractivity contribution < 1.29 is 33.5 Å². The van der Waals surface area contributed by atoms with Gasteiger partial charge in [-0.05, 0) is 32.1 Å². The van der Waals surface area contributed by atoms with Gasteiger partial charge in [0, 0.05) is 100 Å². The highest BCUT2D eigenvalue weighted by molar-refractivity contribution is 5.93. The summed E-state index contributed by atoms with van der Waals surface area (Å²) in [6, 6.07) is 0. The van der Waals surface area contributed by atoms with Crippen molar-refractivity contribution in [2.45, 2.75) is 126 Å². The highest BCUT2D eigenvalue weighted by Crippen LogP contribution is 2.36. The van der Waals surface area contributed by atoms with Crippen molar-refractivity contribution >= 4 is 35.3 Å². The standard InChI is InChI=1S/C40H77N7O7/c1-8-11-13-14-24-54-35(50)27-30(10-3)36(51)40(6,7)29-31(37(52)47-23-21-44-19-16-42)25-33(48)39(4,5)28-32(38(53)46-17-12-9-2)26-34(49)45-22-20-43-18-15-41/h30-32,43-44H,8-29,41-42H2,1-7H3,(H,45,49)(H,46,53)(H,47,52). The summed E-state index contributed by atoms with van der Waals surface area (Å²) in [6.45, 7) is 17.6. The van der Waals surface area contributed by atoms with E-state index in [1.165, 1.54) is 0 Å². The van der Waals surface area contributed by atoms with Crippen molar-refractivity contribution in [3.8, 4) is 0 Å². The Morgan fingerprint density at radius 1 is 0.574 bits per heavy atom. The van der Waals surface area contributed by atoms with Gasteiger partial charge in [-0.25, -0.2) is 0 Å². The van der Waals surface area contributed by atoms with Gasteiger partial charge in [0.15, 0.2) is 0 Å². The van der Waals surface area contributed by atoms with Crippen LogP contribution < -0.4 is 38.1 Å². The molecule has 54 heavy (non-hydrogen) atoms. The summed E-state index contributed by atoms with van der Waals surface area (Å²) < 4.78 is 5.42. The number of ether oxygens (including phenoxy) is 1. The molecule has 14 heteroatoms. The van der Waals surface area contributed by atoms with Crippen molar-refractivity contribution in [3.05, 3.63) is 0 Å². The molecule has 3 atom stereocenters. The first-order valence-corrected chi connectivity index (χ1v) is 20.5. The lowest BCUT2D eigenvalue weighted by Gasteiger charge is -2.33. The number of hydrogen-bond donors (Lipinski definition) is 7. The summed E-state index contributed by atoms with van der Waals surface area (Å²) >= 11 is 0. The number of unbranched alkanes of at least 4 members (excludes halogenated alkanes) is 4. The van der Waals surface area contributed by atoms with Crippen LogP contribution in [0.15, 0.2) is 0 Å². The molecule has 3 amide bonds. The largest absolute Gasteiger partial charge is 0.466 e. The molecular weight excluding hydrogens is 690 g/mol. The number of rotatable bonds is 34. The van der Waals surface area contributed by atoms with E-state index in [-0.39, 0.29) is 61.4 Å². The van der Waals surface area contributed by atoms with Gasteiger partial charge < -0.3 is 42.8 Å². The molecule has 0 heterocycles. The van der Waals surface area contributed by atoms with Gasteiger partial charge in [-0.2, -0.15) is 0 Å². The molecule has 14 nitrogen and oxygen atoms in total. The van der Waals surface area contributed by atoms with E-state index in [2.05, 4.69) is 33.5 Å². The number of hydrogen-bond acceptors (Lipinski definition) is 11. The summed E-state index contributed by atoms with van der Waals surface area (Å²) in [5, 5.41) is 14.9. The quantitative estimate of drug-likeness (QED) is 0.0373. The van der Waals surface area contributed by atoms with E-state index in [0.717, 1.165) is 38.5 Å². The van der Waals surface area contributed by atoms with Crippen LogP contribution >= 0.6 is 0 Å². The van der Waals surface area contributed by atoms with Gasteiger partial charge in [-0.1, -0.05) is 74.1 Å². The van der Waals surface area contributed by atoms with Crippen molar-refractivity contribution in [2.75, 3.05) is 65.5 Å². The molecule has 0 aliphatic rings. The molecule has 0 rings (SSSR count). The average Bonchev–Trinajstić information content (AvgIpc) is 3.12. The lowest BCUT2D eigenvalue weighted by molar-refractivity contribution is -0.148. The van der Waals surface area contributed by atoms with Crippen molar-refractivity contribution in [2.24, 2.45) is 40.1 Å². The number of carbonyl (C=O) groups excluding carboxylic acids is 6. The third-order valence-electron chi connectivity index (χ3n) is 9.77. The Hall–Kier alpha value is -2.94. The minimum atomic E-state index is -1.07. The zero-order valence-corrected chi connectivity index (χ0v) is 34.8. The number of carbonyl (C=O) groups is 6. The maximum Gasteiger partial charge on any atom is 0.306 e. The Morgan fingerprint density at radius 3 is 1.67 bits per heavy atom. The van der Waals surface area contributed by atoms with E-state index in [9.17, 15) is 28.8 Å². The maximum absolute atomic E-state index is 14.1. The molecule has 3 unspecified atom stereocenters. The van der Waals surface area contributed by atoms with Gasteiger partial charge in [0.25, 0.3) is 0 Å². The number of nitrogens with one attached hydrogen (secondary N) is 5. The number of Topliss-reactive ketones (excluding diaryl/α,β-unsaturated/α-hetero) is 2. The minimum absolute atomic E-state index is 0.0400. The molecule has 0 saturated heterocycles. The van der Waals surface area contributed by atoms with Gasteiger partial charge in [0.1, 0.15) is 11.6 Å². The average molecular weight is 768 g/mol. The third kappa shape index (κ3) is 22.4. The van der Waals surface area contributed by atoms with E-state index >= 15 is 0 Å². The summed E-state index contributed by atoms with van der Waals surface area (Å²) in [5.41, 5.74) is 8.96.